The number of benzene rings is 1. The lowest BCUT2D eigenvalue weighted by Gasteiger charge is -2.04. The predicted octanol–water partition coefficient (Wildman–Crippen LogP) is 3.87. The summed E-state index contributed by atoms with van der Waals surface area (Å²) < 4.78 is 5.64. The number of terminal acetylenes is 1. The zero-order valence-corrected chi connectivity index (χ0v) is 13.3. The van der Waals surface area contributed by atoms with Crippen LogP contribution in [-0.4, -0.2) is 10.9 Å². The maximum Gasteiger partial charge on any atom is 0.236 e. The number of anilines is 1. The molecule has 3 aromatic rings. The summed E-state index contributed by atoms with van der Waals surface area (Å²) in [7, 11) is 0. The topological polar surface area (TPSA) is 55.1 Å². The van der Waals surface area contributed by atoms with Crippen LogP contribution in [0.5, 0.6) is 0 Å². The molecular formula is C18H14N2O2S. The van der Waals surface area contributed by atoms with Crippen LogP contribution in [0.2, 0.25) is 0 Å². The highest BCUT2D eigenvalue weighted by molar-refractivity contribution is 7.13. The van der Waals surface area contributed by atoms with Crippen molar-refractivity contribution in [2.24, 2.45) is 0 Å². The fourth-order valence-electron chi connectivity index (χ4n) is 2.14. The van der Waals surface area contributed by atoms with E-state index in [4.69, 9.17) is 10.8 Å². The number of aromatic nitrogens is 1. The Balaban J connectivity index is 1.72. The van der Waals surface area contributed by atoms with E-state index in [0.29, 0.717) is 23.0 Å². The summed E-state index contributed by atoms with van der Waals surface area (Å²) in [6, 6.07) is 11.0. The van der Waals surface area contributed by atoms with Crippen LogP contribution < -0.4 is 5.32 Å². The van der Waals surface area contributed by atoms with Crippen molar-refractivity contribution in [3.63, 3.8) is 0 Å². The molecule has 0 spiro atoms. The van der Waals surface area contributed by atoms with Gasteiger partial charge in [0, 0.05) is 11.3 Å². The van der Waals surface area contributed by atoms with Gasteiger partial charge in [0.1, 0.15) is 5.76 Å². The Morgan fingerprint density at radius 2 is 2.26 bits per heavy atom. The Morgan fingerprint density at radius 3 is 3.00 bits per heavy atom. The molecule has 0 saturated carbocycles. The average Bonchev–Trinajstić information content (AvgIpc) is 3.18. The third kappa shape index (κ3) is 3.50. The van der Waals surface area contributed by atoms with E-state index in [1.807, 2.05) is 30.5 Å². The molecule has 1 N–H and O–H groups in total. The number of carbonyl (C=O) groups is 1. The van der Waals surface area contributed by atoms with Crippen molar-refractivity contribution in [1.29, 1.82) is 0 Å². The summed E-state index contributed by atoms with van der Waals surface area (Å²) in [6.45, 7) is 1.81. The van der Waals surface area contributed by atoms with Gasteiger partial charge in [-0.2, -0.15) is 0 Å². The molecule has 0 aliphatic rings. The average molecular weight is 322 g/mol. The molecule has 3 rings (SSSR count). The van der Waals surface area contributed by atoms with Crippen LogP contribution in [0.3, 0.4) is 0 Å². The predicted molar refractivity (Wildman–Crippen MR) is 91.3 cm³/mol. The molecule has 114 valence electrons. The molecule has 0 aliphatic carbocycles. The van der Waals surface area contributed by atoms with Crippen molar-refractivity contribution >= 4 is 22.9 Å². The Kier molecular flexibility index (Phi) is 4.26. The van der Waals surface area contributed by atoms with E-state index in [1.54, 1.807) is 29.5 Å². The smallest absolute Gasteiger partial charge is 0.236 e. The van der Waals surface area contributed by atoms with Crippen molar-refractivity contribution in [3.05, 3.63) is 58.8 Å². The first-order chi connectivity index (χ1) is 11.2. The highest BCUT2D eigenvalue weighted by Gasteiger charge is 2.15. The van der Waals surface area contributed by atoms with Crippen LogP contribution in [0.4, 0.5) is 5.69 Å². The van der Waals surface area contributed by atoms with Crippen molar-refractivity contribution in [2.45, 2.75) is 13.3 Å². The molecule has 0 bridgehead atoms. The summed E-state index contributed by atoms with van der Waals surface area (Å²) in [5, 5.41) is 4.78. The largest absolute Gasteiger partial charge is 0.440 e. The number of nitrogens with one attached hydrogen (secondary N) is 1. The molecule has 2 heterocycles. The van der Waals surface area contributed by atoms with Gasteiger partial charge in [0.15, 0.2) is 0 Å². The van der Waals surface area contributed by atoms with Crippen LogP contribution >= 0.6 is 11.3 Å². The summed E-state index contributed by atoms with van der Waals surface area (Å²) >= 11 is 1.55. The van der Waals surface area contributed by atoms with E-state index in [-0.39, 0.29) is 12.3 Å². The third-order valence-electron chi connectivity index (χ3n) is 3.27. The van der Waals surface area contributed by atoms with Gasteiger partial charge in [0.2, 0.25) is 11.8 Å². The second-order valence-corrected chi connectivity index (χ2v) is 5.90. The number of thiophene rings is 1. The van der Waals surface area contributed by atoms with Gasteiger partial charge in [0.25, 0.3) is 0 Å². The van der Waals surface area contributed by atoms with Crippen molar-refractivity contribution in [2.75, 3.05) is 5.32 Å². The van der Waals surface area contributed by atoms with E-state index >= 15 is 0 Å². The Hall–Kier alpha value is -2.84. The van der Waals surface area contributed by atoms with Crippen LogP contribution in [0.15, 0.2) is 46.2 Å². The number of carbonyl (C=O) groups excluding carboxylic acids is 1. The lowest BCUT2D eigenvalue weighted by atomic mass is 10.2. The van der Waals surface area contributed by atoms with E-state index in [2.05, 4.69) is 16.2 Å². The quantitative estimate of drug-likeness (QED) is 0.742. The SMILES string of the molecule is C#Cc1cccc(NC(=O)Cc2nc(-c3cccs3)oc2C)c1. The Bertz CT molecular complexity index is 873. The second-order valence-electron chi connectivity index (χ2n) is 4.95. The summed E-state index contributed by atoms with van der Waals surface area (Å²) in [5.74, 6) is 3.59. The number of rotatable bonds is 4. The van der Waals surface area contributed by atoms with Crippen molar-refractivity contribution < 1.29 is 9.21 Å². The van der Waals surface area contributed by atoms with Gasteiger partial charge >= 0.3 is 0 Å². The van der Waals surface area contributed by atoms with Gasteiger partial charge < -0.3 is 9.73 Å². The van der Waals surface area contributed by atoms with Crippen molar-refractivity contribution in [1.82, 2.24) is 4.98 Å². The maximum absolute atomic E-state index is 12.2. The first-order valence-electron chi connectivity index (χ1n) is 7.02. The monoisotopic (exact) mass is 322 g/mol. The molecule has 4 nitrogen and oxygen atoms in total. The minimum Gasteiger partial charge on any atom is -0.440 e. The highest BCUT2D eigenvalue weighted by atomic mass is 32.1. The minimum absolute atomic E-state index is 0.154. The van der Waals surface area contributed by atoms with Gasteiger partial charge in [0.05, 0.1) is 17.0 Å². The molecule has 1 amide bonds. The number of amides is 1. The Morgan fingerprint density at radius 1 is 1.39 bits per heavy atom. The molecule has 5 heteroatoms. The first-order valence-corrected chi connectivity index (χ1v) is 7.90. The van der Waals surface area contributed by atoms with Gasteiger partial charge in [-0.1, -0.05) is 18.1 Å². The molecule has 0 saturated heterocycles. The van der Waals surface area contributed by atoms with Gasteiger partial charge in [-0.05, 0) is 36.6 Å². The maximum atomic E-state index is 12.2. The zero-order valence-electron chi connectivity index (χ0n) is 12.5. The van der Waals surface area contributed by atoms with E-state index in [0.717, 1.165) is 10.4 Å². The molecule has 0 aliphatic heterocycles. The molecule has 0 radical (unpaired) electrons. The summed E-state index contributed by atoms with van der Waals surface area (Å²) in [6.07, 6.45) is 5.51. The lowest BCUT2D eigenvalue weighted by Crippen LogP contribution is -2.15. The fraction of sp³-hybridized carbons (Fsp3) is 0.111. The molecule has 2 aromatic heterocycles. The van der Waals surface area contributed by atoms with Gasteiger partial charge in [-0.25, -0.2) is 4.98 Å². The zero-order chi connectivity index (χ0) is 16.2. The fourth-order valence-corrected chi connectivity index (χ4v) is 2.79. The third-order valence-corrected chi connectivity index (χ3v) is 4.12. The summed E-state index contributed by atoms with van der Waals surface area (Å²) in [5.41, 5.74) is 2.03. The molecule has 0 atom stereocenters. The molecule has 0 fully saturated rings. The van der Waals surface area contributed by atoms with Crippen LogP contribution in [0, 0.1) is 19.3 Å². The standard InChI is InChI=1S/C18H14N2O2S/c1-3-13-6-4-7-14(10-13)19-17(21)11-15-12(2)22-18(20-15)16-8-5-9-23-16/h1,4-10H,11H2,2H3,(H,19,21). The molecule has 23 heavy (non-hydrogen) atoms. The van der Waals surface area contributed by atoms with E-state index in [1.165, 1.54) is 0 Å². The normalized spacial score (nSPS) is 10.3. The van der Waals surface area contributed by atoms with Gasteiger partial charge in [-0.3, -0.25) is 4.79 Å². The highest BCUT2D eigenvalue weighted by Crippen LogP contribution is 2.26. The Labute approximate surface area is 138 Å². The first kappa shape index (κ1) is 15.1. The number of hydrogen-bond donors (Lipinski definition) is 1. The van der Waals surface area contributed by atoms with Crippen LogP contribution in [0.25, 0.3) is 10.8 Å². The number of nitrogens with zero attached hydrogens (tertiary/aromatic N) is 1. The van der Waals surface area contributed by atoms with Crippen LogP contribution in [-0.2, 0) is 11.2 Å². The van der Waals surface area contributed by atoms with Crippen LogP contribution in [0.1, 0.15) is 17.0 Å². The summed E-state index contributed by atoms with van der Waals surface area (Å²) in [4.78, 5) is 17.6. The van der Waals surface area contributed by atoms with Gasteiger partial charge in [-0.15, -0.1) is 17.8 Å². The minimum atomic E-state index is -0.159. The number of hydrogen-bond acceptors (Lipinski definition) is 4. The van der Waals surface area contributed by atoms with Crippen molar-refractivity contribution in [3.8, 4) is 23.1 Å². The van der Waals surface area contributed by atoms with E-state index < -0.39 is 0 Å². The molecular weight excluding hydrogens is 308 g/mol. The lowest BCUT2D eigenvalue weighted by molar-refractivity contribution is -0.115. The number of aryl methyl sites for hydroxylation is 1. The van der Waals surface area contributed by atoms with E-state index in [9.17, 15) is 4.79 Å². The molecule has 1 aromatic carbocycles. The second kappa shape index (κ2) is 6.51. The number of oxazole rings is 1. The molecule has 0 unspecified atom stereocenters.